The van der Waals surface area contributed by atoms with Crippen LogP contribution in [-0.2, 0) is 10.0 Å². The number of para-hydroxylation sites is 1. The van der Waals surface area contributed by atoms with Crippen molar-refractivity contribution in [2.75, 3.05) is 5.32 Å². The average molecular weight is 382 g/mol. The fourth-order valence-electron chi connectivity index (χ4n) is 2.51. The summed E-state index contributed by atoms with van der Waals surface area (Å²) in [6.45, 7) is 1.63. The van der Waals surface area contributed by atoms with E-state index >= 15 is 0 Å². The second-order valence-corrected chi connectivity index (χ2v) is 7.45. The van der Waals surface area contributed by atoms with E-state index in [9.17, 15) is 13.2 Å². The highest BCUT2D eigenvalue weighted by molar-refractivity contribution is 7.89. The van der Waals surface area contributed by atoms with Crippen LogP contribution in [0.1, 0.15) is 15.9 Å². The first kappa shape index (κ1) is 18.6. The molecule has 3 N–H and O–H groups in total. The van der Waals surface area contributed by atoms with Crippen LogP contribution in [0, 0.1) is 6.92 Å². The van der Waals surface area contributed by atoms with E-state index in [-0.39, 0.29) is 4.90 Å². The summed E-state index contributed by atoms with van der Waals surface area (Å²) < 4.78 is 29.0. The quantitative estimate of drug-likeness (QED) is 0.703. The minimum atomic E-state index is -3.87. The molecular formula is C20H18N2O4S. The smallest absolute Gasteiger partial charge is 0.255 e. The molecule has 3 aromatic rings. The SMILES string of the molecule is Cc1ccc(NC(=O)c2cccc(Oc3ccccc3)c2)cc1S(N)(=O)=O. The van der Waals surface area contributed by atoms with Crippen molar-refractivity contribution < 1.29 is 17.9 Å². The van der Waals surface area contributed by atoms with E-state index in [1.165, 1.54) is 6.07 Å². The topological polar surface area (TPSA) is 98.5 Å². The first-order valence-electron chi connectivity index (χ1n) is 8.11. The van der Waals surface area contributed by atoms with Crippen LogP contribution in [0.4, 0.5) is 5.69 Å². The van der Waals surface area contributed by atoms with Crippen molar-refractivity contribution >= 4 is 21.6 Å². The fraction of sp³-hybridized carbons (Fsp3) is 0.0500. The van der Waals surface area contributed by atoms with E-state index in [0.29, 0.717) is 28.3 Å². The van der Waals surface area contributed by atoms with Gasteiger partial charge in [-0.05, 0) is 55.0 Å². The molecule has 0 atom stereocenters. The van der Waals surface area contributed by atoms with Crippen molar-refractivity contribution in [2.45, 2.75) is 11.8 Å². The van der Waals surface area contributed by atoms with E-state index in [2.05, 4.69) is 5.32 Å². The highest BCUT2D eigenvalue weighted by Crippen LogP contribution is 2.23. The number of hydrogen-bond acceptors (Lipinski definition) is 4. The Hall–Kier alpha value is -3.16. The maximum Gasteiger partial charge on any atom is 0.255 e. The fourth-order valence-corrected chi connectivity index (χ4v) is 3.32. The third kappa shape index (κ3) is 4.72. The first-order chi connectivity index (χ1) is 12.8. The summed E-state index contributed by atoms with van der Waals surface area (Å²) in [6, 6.07) is 20.5. The number of aryl methyl sites for hydroxylation is 1. The van der Waals surface area contributed by atoms with Crippen molar-refractivity contribution in [1.82, 2.24) is 0 Å². The molecule has 0 unspecified atom stereocenters. The Morgan fingerprint density at radius 1 is 0.926 bits per heavy atom. The summed E-state index contributed by atoms with van der Waals surface area (Å²) in [4.78, 5) is 12.5. The number of benzene rings is 3. The largest absolute Gasteiger partial charge is 0.457 e. The average Bonchev–Trinajstić information content (AvgIpc) is 2.63. The Morgan fingerprint density at radius 2 is 1.63 bits per heavy atom. The van der Waals surface area contributed by atoms with Gasteiger partial charge in [0.1, 0.15) is 11.5 Å². The minimum absolute atomic E-state index is 0.0264. The Bertz CT molecular complexity index is 1080. The number of primary sulfonamides is 1. The Balaban J connectivity index is 1.80. The molecule has 6 nitrogen and oxygen atoms in total. The molecule has 0 fully saturated rings. The lowest BCUT2D eigenvalue weighted by atomic mass is 10.2. The Morgan fingerprint density at radius 3 is 2.33 bits per heavy atom. The van der Waals surface area contributed by atoms with Gasteiger partial charge in [-0.15, -0.1) is 0 Å². The zero-order valence-electron chi connectivity index (χ0n) is 14.5. The van der Waals surface area contributed by atoms with Crippen molar-refractivity contribution in [3.8, 4) is 11.5 Å². The van der Waals surface area contributed by atoms with Gasteiger partial charge < -0.3 is 10.1 Å². The zero-order valence-corrected chi connectivity index (χ0v) is 15.4. The van der Waals surface area contributed by atoms with Gasteiger partial charge in [0.2, 0.25) is 10.0 Å². The third-order valence-electron chi connectivity index (χ3n) is 3.83. The zero-order chi connectivity index (χ0) is 19.4. The molecule has 0 heterocycles. The van der Waals surface area contributed by atoms with Crippen LogP contribution in [0.15, 0.2) is 77.7 Å². The lowest BCUT2D eigenvalue weighted by Crippen LogP contribution is -2.16. The Labute approximate surface area is 157 Å². The van der Waals surface area contributed by atoms with E-state index in [0.717, 1.165) is 0 Å². The van der Waals surface area contributed by atoms with E-state index in [1.807, 2.05) is 30.3 Å². The molecule has 0 saturated heterocycles. The van der Waals surface area contributed by atoms with Crippen LogP contribution in [0.25, 0.3) is 0 Å². The molecule has 138 valence electrons. The van der Waals surface area contributed by atoms with Crippen LogP contribution in [0.3, 0.4) is 0 Å². The van der Waals surface area contributed by atoms with Gasteiger partial charge in [0.15, 0.2) is 0 Å². The monoisotopic (exact) mass is 382 g/mol. The summed E-state index contributed by atoms with van der Waals surface area (Å²) in [5.74, 6) is 0.784. The van der Waals surface area contributed by atoms with Gasteiger partial charge in [-0.25, -0.2) is 13.6 Å². The van der Waals surface area contributed by atoms with Crippen molar-refractivity contribution in [3.63, 3.8) is 0 Å². The normalized spacial score (nSPS) is 11.0. The molecular weight excluding hydrogens is 364 g/mol. The van der Waals surface area contributed by atoms with Crippen LogP contribution in [-0.4, -0.2) is 14.3 Å². The molecule has 1 amide bonds. The van der Waals surface area contributed by atoms with Crippen molar-refractivity contribution in [1.29, 1.82) is 0 Å². The van der Waals surface area contributed by atoms with Gasteiger partial charge in [0, 0.05) is 11.3 Å². The second-order valence-electron chi connectivity index (χ2n) is 5.92. The predicted octanol–water partition coefficient (Wildman–Crippen LogP) is 3.69. The highest BCUT2D eigenvalue weighted by atomic mass is 32.2. The first-order valence-corrected chi connectivity index (χ1v) is 9.65. The molecule has 3 aromatic carbocycles. The molecule has 0 aliphatic rings. The van der Waals surface area contributed by atoms with E-state index in [4.69, 9.17) is 9.88 Å². The number of amides is 1. The van der Waals surface area contributed by atoms with Gasteiger partial charge >= 0.3 is 0 Å². The summed E-state index contributed by atoms with van der Waals surface area (Å²) >= 11 is 0. The third-order valence-corrected chi connectivity index (χ3v) is 4.88. The van der Waals surface area contributed by atoms with Gasteiger partial charge in [-0.2, -0.15) is 0 Å². The molecule has 0 aliphatic heterocycles. The second kappa shape index (κ2) is 7.61. The minimum Gasteiger partial charge on any atom is -0.457 e. The maximum atomic E-state index is 12.5. The highest BCUT2D eigenvalue weighted by Gasteiger charge is 2.14. The number of carbonyl (C=O) groups is 1. The summed E-state index contributed by atoms with van der Waals surface area (Å²) in [7, 11) is -3.87. The summed E-state index contributed by atoms with van der Waals surface area (Å²) in [5, 5.41) is 7.88. The van der Waals surface area contributed by atoms with Crippen LogP contribution < -0.4 is 15.2 Å². The number of anilines is 1. The van der Waals surface area contributed by atoms with Crippen LogP contribution in [0.2, 0.25) is 0 Å². The number of rotatable bonds is 5. The molecule has 7 heteroatoms. The van der Waals surface area contributed by atoms with E-state index < -0.39 is 15.9 Å². The molecule has 0 bridgehead atoms. The van der Waals surface area contributed by atoms with Gasteiger partial charge in [0.25, 0.3) is 5.91 Å². The van der Waals surface area contributed by atoms with Crippen molar-refractivity contribution in [3.05, 3.63) is 83.9 Å². The molecule has 3 rings (SSSR count). The lowest BCUT2D eigenvalue weighted by molar-refractivity contribution is 0.102. The maximum absolute atomic E-state index is 12.5. The molecule has 0 saturated carbocycles. The molecule has 0 aliphatic carbocycles. The number of ether oxygens (including phenoxy) is 1. The predicted molar refractivity (Wildman–Crippen MR) is 103 cm³/mol. The van der Waals surface area contributed by atoms with Gasteiger partial charge in [-0.3, -0.25) is 4.79 Å². The number of sulfonamides is 1. The number of hydrogen-bond donors (Lipinski definition) is 2. The molecule has 0 spiro atoms. The summed E-state index contributed by atoms with van der Waals surface area (Å²) in [5.41, 5.74) is 1.22. The van der Waals surface area contributed by atoms with E-state index in [1.54, 1.807) is 43.3 Å². The number of nitrogens with two attached hydrogens (primary N) is 1. The molecule has 0 aromatic heterocycles. The van der Waals surface area contributed by atoms with Crippen molar-refractivity contribution in [2.24, 2.45) is 5.14 Å². The number of nitrogens with one attached hydrogen (secondary N) is 1. The number of carbonyl (C=O) groups excluding carboxylic acids is 1. The lowest BCUT2D eigenvalue weighted by Gasteiger charge is -2.10. The van der Waals surface area contributed by atoms with Gasteiger partial charge in [0.05, 0.1) is 4.90 Å². The van der Waals surface area contributed by atoms with Crippen LogP contribution >= 0.6 is 0 Å². The molecule has 0 radical (unpaired) electrons. The summed E-state index contributed by atoms with van der Waals surface area (Å²) in [6.07, 6.45) is 0. The Kier molecular flexibility index (Phi) is 5.25. The molecule has 27 heavy (non-hydrogen) atoms. The van der Waals surface area contributed by atoms with Gasteiger partial charge in [-0.1, -0.05) is 30.3 Å². The van der Waals surface area contributed by atoms with Crippen LogP contribution in [0.5, 0.6) is 11.5 Å². The standard InChI is InChI=1S/C20H18N2O4S/c1-14-10-11-16(13-19(14)27(21,24)25)22-20(23)15-6-5-9-18(12-15)26-17-7-3-2-4-8-17/h2-13H,1H3,(H,22,23)(H2,21,24,25).